The van der Waals surface area contributed by atoms with Crippen LogP contribution in [0.5, 0.6) is 0 Å². The van der Waals surface area contributed by atoms with Crippen molar-refractivity contribution >= 4 is 17.9 Å². The Balaban J connectivity index is 2.46. The van der Waals surface area contributed by atoms with Crippen molar-refractivity contribution < 1.29 is 19.5 Å². The van der Waals surface area contributed by atoms with Gasteiger partial charge in [-0.25, -0.2) is 9.59 Å². The number of rotatable bonds is 4. The lowest BCUT2D eigenvalue weighted by Crippen LogP contribution is -2.55. The van der Waals surface area contributed by atoms with Crippen molar-refractivity contribution in [1.29, 1.82) is 0 Å². The van der Waals surface area contributed by atoms with Crippen molar-refractivity contribution in [2.24, 2.45) is 0 Å². The monoisotopic (exact) mass is 271 g/mol. The number of carboxylic acid groups (broad SMARTS) is 1. The van der Waals surface area contributed by atoms with Gasteiger partial charge in [0.1, 0.15) is 6.04 Å². The minimum atomic E-state index is -1.02. The van der Waals surface area contributed by atoms with Gasteiger partial charge in [-0.3, -0.25) is 4.79 Å². The van der Waals surface area contributed by atoms with Gasteiger partial charge in [0.2, 0.25) is 5.91 Å². The van der Waals surface area contributed by atoms with Crippen molar-refractivity contribution in [3.05, 3.63) is 0 Å². The molecule has 108 valence electrons. The lowest BCUT2D eigenvalue weighted by Gasteiger charge is -2.34. The Hall–Kier alpha value is -1.79. The van der Waals surface area contributed by atoms with Crippen LogP contribution in [0.15, 0.2) is 0 Å². The summed E-state index contributed by atoms with van der Waals surface area (Å²) in [6.07, 6.45) is 1.10. The van der Waals surface area contributed by atoms with E-state index >= 15 is 0 Å². The van der Waals surface area contributed by atoms with E-state index in [-0.39, 0.29) is 11.9 Å². The SMILES string of the molecule is CCC[C@@H](NC(=O)N1CCN(C(C)=O)CC1)C(=O)O. The topological polar surface area (TPSA) is 90.0 Å². The number of carbonyl (C=O) groups is 3. The third-order valence-corrected chi connectivity index (χ3v) is 3.19. The van der Waals surface area contributed by atoms with E-state index < -0.39 is 12.0 Å². The molecule has 0 aliphatic carbocycles. The summed E-state index contributed by atoms with van der Waals surface area (Å²) in [5, 5.41) is 11.5. The van der Waals surface area contributed by atoms with E-state index in [0.717, 1.165) is 0 Å². The summed E-state index contributed by atoms with van der Waals surface area (Å²) in [5.41, 5.74) is 0. The van der Waals surface area contributed by atoms with Crippen LogP contribution in [-0.4, -0.2) is 65.0 Å². The van der Waals surface area contributed by atoms with Gasteiger partial charge < -0.3 is 20.2 Å². The highest BCUT2D eigenvalue weighted by Gasteiger charge is 2.25. The first-order valence-corrected chi connectivity index (χ1v) is 6.49. The van der Waals surface area contributed by atoms with E-state index in [0.29, 0.717) is 39.0 Å². The molecule has 0 saturated carbocycles. The zero-order valence-corrected chi connectivity index (χ0v) is 11.4. The highest BCUT2D eigenvalue weighted by molar-refractivity contribution is 5.82. The number of aliphatic carboxylic acids is 1. The average molecular weight is 271 g/mol. The molecule has 1 aliphatic rings. The van der Waals surface area contributed by atoms with Crippen LogP contribution in [0.2, 0.25) is 0 Å². The van der Waals surface area contributed by atoms with E-state index in [4.69, 9.17) is 5.11 Å². The largest absolute Gasteiger partial charge is 0.480 e. The second-order valence-electron chi connectivity index (χ2n) is 4.62. The lowest BCUT2D eigenvalue weighted by molar-refractivity contribution is -0.139. The number of hydrogen-bond acceptors (Lipinski definition) is 3. The molecule has 1 rings (SSSR count). The molecule has 1 fully saturated rings. The molecule has 0 aromatic carbocycles. The first kappa shape index (κ1) is 15.3. The Kier molecular flexibility index (Phi) is 5.59. The molecule has 1 aliphatic heterocycles. The average Bonchev–Trinajstić information content (AvgIpc) is 2.38. The molecule has 0 aromatic rings. The Morgan fingerprint density at radius 1 is 1.16 bits per heavy atom. The Morgan fingerprint density at radius 3 is 2.11 bits per heavy atom. The van der Waals surface area contributed by atoms with Crippen molar-refractivity contribution in [3.8, 4) is 0 Å². The van der Waals surface area contributed by atoms with E-state index in [9.17, 15) is 14.4 Å². The summed E-state index contributed by atoms with van der Waals surface area (Å²) in [7, 11) is 0. The molecule has 3 amide bonds. The van der Waals surface area contributed by atoms with Gasteiger partial charge >= 0.3 is 12.0 Å². The maximum absolute atomic E-state index is 11.9. The molecule has 0 spiro atoms. The Bertz CT molecular complexity index is 351. The molecule has 0 bridgehead atoms. The first-order valence-electron chi connectivity index (χ1n) is 6.49. The fraction of sp³-hybridized carbons (Fsp3) is 0.750. The normalized spacial score (nSPS) is 16.9. The second kappa shape index (κ2) is 6.96. The molecule has 19 heavy (non-hydrogen) atoms. The van der Waals surface area contributed by atoms with E-state index in [1.165, 1.54) is 6.92 Å². The van der Waals surface area contributed by atoms with Crippen LogP contribution >= 0.6 is 0 Å². The maximum atomic E-state index is 11.9. The molecule has 1 atom stereocenters. The number of nitrogens with zero attached hydrogens (tertiary/aromatic N) is 2. The molecule has 7 nitrogen and oxygen atoms in total. The fourth-order valence-electron chi connectivity index (χ4n) is 2.01. The summed E-state index contributed by atoms with van der Waals surface area (Å²) in [4.78, 5) is 37.2. The van der Waals surface area contributed by atoms with Gasteiger partial charge in [-0.2, -0.15) is 0 Å². The number of carbonyl (C=O) groups excluding carboxylic acids is 2. The quantitative estimate of drug-likeness (QED) is 0.759. The van der Waals surface area contributed by atoms with Crippen LogP contribution in [0.4, 0.5) is 4.79 Å². The van der Waals surface area contributed by atoms with E-state index in [1.54, 1.807) is 9.80 Å². The van der Waals surface area contributed by atoms with Gasteiger partial charge in [0.05, 0.1) is 0 Å². The third-order valence-electron chi connectivity index (χ3n) is 3.19. The number of hydrogen-bond donors (Lipinski definition) is 2. The van der Waals surface area contributed by atoms with E-state index in [1.807, 2.05) is 6.92 Å². The zero-order chi connectivity index (χ0) is 14.4. The Labute approximate surface area is 112 Å². The van der Waals surface area contributed by atoms with Crippen LogP contribution in [0.1, 0.15) is 26.7 Å². The lowest BCUT2D eigenvalue weighted by atomic mass is 10.2. The number of urea groups is 1. The van der Waals surface area contributed by atoms with Crippen LogP contribution in [0.25, 0.3) is 0 Å². The molecular formula is C12H21N3O4. The van der Waals surface area contributed by atoms with Crippen LogP contribution in [-0.2, 0) is 9.59 Å². The molecule has 0 aromatic heterocycles. The van der Waals surface area contributed by atoms with Crippen molar-refractivity contribution in [3.63, 3.8) is 0 Å². The maximum Gasteiger partial charge on any atom is 0.326 e. The molecule has 7 heteroatoms. The Morgan fingerprint density at radius 2 is 1.68 bits per heavy atom. The van der Waals surface area contributed by atoms with Gasteiger partial charge in [0.15, 0.2) is 0 Å². The number of amides is 3. The van der Waals surface area contributed by atoms with Crippen LogP contribution in [0.3, 0.4) is 0 Å². The third kappa shape index (κ3) is 4.42. The number of piperazine rings is 1. The minimum Gasteiger partial charge on any atom is -0.480 e. The summed E-state index contributed by atoms with van der Waals surface area (Å²) >= 11 is 0. The van der Waals surface area contributed by atoms with Crippen molar-refractivity contribution in [2.75, 3.05) is 26.2 Å². The smallest absolute Gasteiger partial charge is 0.326 e. The van der Waals surface area contributed by atoms with Crippen LogP contribution < -0.4 is 5.32 Å². The highest BCUT2D eigenvalue weighted by Crippen LogP contribution is 2.04. The fourth-order valence-corrected chi connectivity index (χ4v) is 2.01. The summed E-state index contributed by atoms with van der Waals surface area (Å²) < 4.78 is 0. The van der Waals surface area contributed by atoms with Crippen molar-refractivity contribution in [2.45, 2.75) is 32.7 Å². The highest BCUT2D eigenvalue weighted by atomic mass is 16.4. The molecule has 1 heterocycles. The second-order valence-corrected chi connectivity index (χ2v) is 4.62. The van der Waals surface area contributed by atoms with Gasteiger partial charge in [0.25, 0.3) is 0 Å². The molecular weight excluding hydrogens is 250 g/mol. The molecule has 1 saturated heterocycles. The van der Waals surface area contributed by atoms with Gasteiger partial charge in [-0.05, 0) is 6.42 Å². The zero-order valence-electron chi connectivity index (χ0n) is 11.4. The molecule has 0 radical (unpaired) electrons. The van der Waals surface area contributed by atoms with E-state index in [2.05, 4.69) is 5.32 Å². The summed E-state index contributed by atoms with van der Waals surface area (Å²) in [6.45, 7) is 5.22. The standard InChI is InChI=1S/C12H21N3O4/c1-3-4-10(11(17)18)13-12(19)15-7-5-14(6-8-15)9(2)16/h10H,3-8H2,1-2H3,(H,13,19)(H,17,18)/t10-/m1/s1. The van der Waals surface area contributed by atoms with Crippen LogP contribution in [0, 0.1) is 0 Å². The minimum absolute atomic E-state index is 0.00514. The van der Waals surface area contributed by atoms with Crippen molar-refractivity contribution in [1.82, 2.24) is 15.1 Å². The molecule has 2 N–H and O–H groups in total. The molecule has 0 unspecified atom stereocenters. The first-order chi connectivity index (χ1) is 8.95. The number of nitrogens with one attached hydrogen (secondary N) is 1. The predicted octanol–water partition coefficient (Wildman–Crippen LogP) is 0.113. The predicted molar refractivity (Wildman–Crippen MR) is 68.7 cm³/mol. The van der Waals surface area contributed by atoms with Gasteiger partial charge in [-0.15, -0.1) is 0 Å². The van der Waals surface area contributed by atoms with Gasteiger partial charge in [-0.1, -0.05) is 13.3 Å². The van der Waals surface area contributed by atoms with Gasteiger partial charge in [0, 0.05) is 33.1 Å². The summed E-state index contributed by atoms with van der Waals surface area (Å²) in [6, 6.07) is -1.22. The summed E-state index contributed by atoms with van der Waals surface area (Å²) in [5.74, 6) is -1.02. The number of carboxylic acids is 1.